The molecule has 0 spiro atoms. The Kier molecular flexibility index (Phi) is 5.77. The van der Waals surface area contributed by atoms with Gasteiger partial charge in [-0.2, -0.15) is 0 Å². The zero-order chi connectivity index (χ0) is 21.1. The number of pyridine rings is 1. The number of rotatable bonds is 6. The zero-order valence-electron chi connectivity index (χ0n) is 16.0. The van der Waals surface area contributed by atoms with E-state index in [0.29, 0.717) is 22.8 Å². The van der Waals surface area contributed by atoms with E-state index in [-0.39, 0.29) is 30.6 Å². The van der Waals surface area contributed by atoms with E-state index in [2.05, 4.69) is 10.3 Å². The number of hydrogen-bond acceptors (Lipinski definition) is 3. The standard InChI is InChI=1S/C23H19ClFN3O2/c24-17-7-3-15(4-8-17)13-27-21(29)12-20-22-19(2-1-11-26-22)23(30)28(20)14-16-5-9-18(25)10-6-16/h1-11,20H,12-14H2,(H,27,29)/t20-/m1/s1. The number of fused-ring (bicyclic) bond motifs is 1. The summed E-state index contributed by atoms with van der Waals surface area (Å²) in [7, 11) is 0. The number of hydrogen-bond donors (Lipinski definition) is 1. The van der Waals surface area contributed by atoms with Gasteiger partial charge in [-0.05, 0) is 47.5 Å². The number of carbonyl (C=O) groups excluding carboxylic acids is 2. The first-order chi connectivity index (χ1) is 14.5. The van der Waals surface area contributed by atoms with Crippen LogP contribution in [0.5, 0.6) is 0 Å². The van der Waals surface area contributed by atoms with Crippen molar-refractivity contribution in [3.8, 4) is 0 Å². The molecule has 0 saturated carbocycles. The largest absolute Gasteiger partial charge is 0.352 e. The molecule has 1 aliphatic heterocycles. The molecule has 0 bridgehead atoms. The number of aromatic nitrogens is 1. The minimum atomic E-state index is -0.482. The highest BCUT2D eigenvalue weighted by atomic mass is 35.5. The lowest BCUT2D eigenvalue weighted by atomic mass is 10.1. The summed E-state index contributed by atoms with van der Waals surface area (Å²) in [6.45, 7) is 0.633. The van der Waals surface area contributed by atoms with Gasteiger partial charge < -0.3 is 10.2 Å². The quantitative estimate of drug-likeness (QED) is 0.643. The third-order valence-corrected chi connectivity index (χ3v) is 5.32. The first-order valence-corrected chi connectivity index (χ1v) is 9.90. The van der Waals surface area contributed by atoms with E-state index >= 15 is 0 Å². The van der Waals surface area contributed by atoms with Crippen molar-refractivity contribution in [2.45, 2.75) is 25.6 Å². The first-order valence-electron chi connectivity index (χ1n) is 9.53. The van der Waals surface area contributed by atoms with E-state index < -0.39 is 6.04 Å². The Bertz CT molecular complexity index is 1070. The van der Waals surface area contributed by atoms with Crippen LogP contribution in [0.4, 0.5) is 4.39 Å². The van der Waals surface area contributed by atoms with Gasteiger partial charge in [0.25, 0.3) is 5.91 Å². The predicted octanol–water partition coefficient (Wildman–Crippen LogP) is 4.28. The van der Waals surface area contributed by atoms with Crippen LogP contribution in [0, 0.1) is 5.82 Å². The Hall–Kier alpha value is -3.25. The predicted molar refractivity (Wildman–Crippen MR) is 111 cm³/mol. The molecule has 2 aromatic carbocycles. The van der Waals surface area contributed by atoms with Gasteiger partial charge in [-0.15, -0.1) is 0 Å². The maximum atomic E-state index is 13.2. The van der Waals surface area contributed by atoms with Gasteiger partial charge in [-0.3, -0.25) is 14.6 Å². The molecule has 2 amide bonds. The summed E-state index contributed by atoms with van der Waals surface area (Å²) in [5.41, 5.74) is 2.79. The van der Waals surface area contributed by atoms with E-state index in [0.717, 1.165) is 11.1 Å². The van der Waals surface area contributed by atoms with Gasteiger partial charge in [0.15, 0.2) is 0 Å². The Morgan fingerprint density at radius 1 is 1.07 bits per heavy atom. The summed E-state index contributed by atoms with van der Waals surface area (Å²) >= 11 is 5.89. The molecule has 0 unspecified atom stereocenters. The maximum Gasteiger partial charge on any atom is 0.256 e. The molecule has 0 fully saturated rings. The SMILES string of the molecule is O=C(C[C@@H]1c2ncccc2C(=O)N1Cc1ccc(F)cc1)NCc1ccc(Cl)cc1. The molecule has 0 saturated heterocycles. The lowest BCUT2D eigenvalue weighted by molar-refractivity contribution is -0.122. The van der Waals surface area contributed by atoms with Crippen LogP contribution in [0.25, 0.3) is 0 Å². The van der Waals surface area contributed by atoms with Crippen LogP contribution in [0.2, 0.25) is 5.02 Å². The molecule has 1 N–H and O–H groups in total. The second kappa shape index (κ2) is 8.63. The van der Waals surface area contributed by atoms with Crippen molar-refractivity contribution in [1.29, 1.82) is 0 Å². The molecule has 3 aromatic rings. The van der Waals surface area contributed by atoms with E-state index in [1.165, 1.54) is 12.1 Å². The lowest BCUT2D eigenvalue weighted by Crippen LogP contribution is -2.32. The van der Waals surface area contributed by atoms with Gasteiger partial charge in [-0.25, -0.2) is 4.39 Å². The fourth-order valence-corrected chi connectivity index (χ4v) is 3.66. The Morgan fingerprint density at radius 3 is 2.50 bits per heavy atom. The number of nitrogens with one attached hydrogen (secondary N) is 1. The number of halogens is 2. The molecule has 1 atom stereocenters. The fraction of sp³-hybridized carbons (Fsp3) is 0.174. The third kappa shape index (κ3) is 4.33. The summed E-state index contributed by atoms with van der Waals surface area (Å²) in [5.74, 6) is -0.710. The second-order valence-electron chi connectivity index (χ2n) is 7.12. The Balaban J connectivity index is 1.50. The lowest BCUT2D eigenvalue weighted by Gasteiger charge is -2.24. The molecule has 4 rings (SSSR count). The highest BCUT2D eigenvalue weighted by molar-refractivity contribution is 6.30. The van der Waals surface area contributed by atoms with Crippen molar-refractivity contribution in [2.24, 2.45) is 0 Å². The van der Waals surface area contributed by atoms with E-state index in [1.54, 1.807) is 47.5 Å². The molecule has 7 heteroatoms. The van der Waals surface area contributed by atoms with Crippen molar-refractivity contribution >= 4 is 23.4 Å². The minimum absolute atomic E-state index is 0.0878. The Morgan fingerprint density at radius 2 is 1.77 bits per heavy atom. The minimum Gasteiger partial charge on any atom is -0.352 e. The summed E-state index contributed by atoms with van der Waals surface area (Å²) in [5, 5.41) is 3.52. The average molecular weight is 424 g/mol. The molecule has 152 valence electrons. The van der Waals surface area contributed by atoms with Crippen molar-refractivity contribution < 1.29 is 14.0 Å². The van der Waals surface area contributed by atoms with Crippen LogP contribution in [0.15, 0.2) is 66.9 Å². The van der Waals surface area contributed by atoms with Crippen molar-refractivity contribution in [3.05, 3.63) is 100 Å². The van der Waals surface area contributed by atoms with Gasteiger partial charge in [0.1, 0.15) is 5.82 Å². The van der Waals surface area contributed by atoms with Gasteiger partial charge in [0.2, 0.25) is 5.91 Å². The highest BCUT2D eigenvalue weighted by Crippen LogP contribution is 2.35. The molecule has 2 heterocycles. The molecular weight excluding hydrogens is 405 g/mol. The van der Waals surface area contributed by atoms with Crippen molar-refractivity contribution in [3.63, 3.8) is 0 Å². The molecule has 0 aliphatic carbocycles. The van der Waals surface area contributed by atoms with Crippen LogP contribution >= 0.6 is 11.6 Å². The highest BCUT2D eigenvalue weighted by Gasteiger charge is 2.38. The number of benzene rings is 2. The van der Waals surface area contributed by atoms with Gasteiger partial charge in [0.05, 0.1) is 23.7 Å². The fourth-order valence-electron chi connectivity index (χ4n) is 3.53. The molecule has 30 heavy (non-hydrogen) atoms. The summed E-state index contributed by atoms with van der Waals surface area (Å²) in [4.78, 5) is 31.6. The van der Waals surface area contributed by atoms with Crippen LogP contribution in [-0.4, -0.2) is 21.7 Å². The normalized spacial score (nSPS) is 15.2. The van der Waals surface area contributed by atoms with Crippen molar-refractivity contribution in [2.75, 3.05) is 0 Å². The van der Waals surface area contributed by atoms with E-state index in [9.17, 15) is 14.0 Å². The molecule has 1 aliphatic rings. The number of nitrogens with zero attached hydrogens (tertiary/aromatic N) is 2. The maximum absolute atomic E-state index is 13.2. The van der Waals surface area contributed by atoms with Crippen LogP contribution in [-0.2, 0) is 17.9 Å². The second-order valence-corrected chi connectivity index (χ2v) is 7.56. The molecule has 5 nitrogen and oxygen atoms in total. The summed E-state index contributed by atoms with van der Waals surface area (Å²) in [6.07, 6.45) is 1.71. The number of amides is 2. The topological polar surface area (TPSA) is 62.3 Å². The zero-order valence-corrected chi connectivity index (χ0v) is 16.8. The molecule has 0 radical (unpaired) electrons. The molecular formula is C23H19ClFN3O2. The van der Waals surface area contributed by atoms with Crippen LogP contribution in [0.1, 0.15) is 39.6 Å². The Labute approximate surface area is 178 Å². The van der Waals surface area contributed by atoms with Gasteiger partial charge >= 0.3 is 0 Å². The summed E-state index contributed by atoms with van der Waals surface area (Å²) in [6, 6.07) is 16.1. The third-order valence-electron chi connectivity index (χ3n) is 5.07. The number of carbonyl (C=O) groups is 2. The van der Waals surface area contributed by atoms with E-state index in [4.69, 9.17) is 11.6 Å². The van der Waals surface area contributed by atoms with Crippen LogP contribution in [0.3, 0.4) is 0 Å². The van der Waals surface area contributed by atoms with Crippen molar-refractivity contribution in [1.82, 2.24) is 15.2 Å². The average Bonchev–Trinajstić information content (AvgIpc) is 3.01. The monoisotopic (exact) mass is 423 g/mol. The smallest absolute Gasteiger partial charge is 0.256 e. The summed E-state index contributed by atoms with van der Waals surface area (Å²) < 4.78 is 13.2. The van der Waals surface area contributed by atoms with Gasteiger partial charge in [0, 0.05) is 24.3 Å². The molecule has 1 aromatic heterocycles. The van der Waals surface area contributed by atoms with Crippen LogP contribution < -0.4 is 5.32 Å². The van der Waals surface area contributed by atoms with Gasteiger partial charge in [-0.1, -0.05) is 35.9 Å². The van der Waals surface area contributed by atoms with E-state index in [1.807, 2.05) is 12.1 Å². The first kappa shape index (κ1) is 20.0.